The molecule has 30 heavy (non-hydrogen) atoms. The first-order valence-corrected chi connectivity index (χ1v) is 10.8. The van der Waals surface area contributed by atoms with Crippen molar-refractivity contribution in [3.63, 3.8) is 0 Å². The highest BCUT2D eigenvalue weighted by Crippen LogP contribution is 2.51. The lowest BCUT2D eigenvalue weighted by atomic mass is 9.79. The van der Waals surface area contributed by atoms with E-state index < -0.39 is 36.2 Å². The quantitative estimate of drug-likeness (QED) is 0.353. The summed E-state index contributed by atoms with van der Waals surface area (Å²) in [7, 11) is 0. The standard InChI is InChI=1S/C20H28N2O7S/c1-9-14-13(10(2)23)17(25)22(14)15(16(9)30-11-6-12(24)21-7-11)18(26)28-8-29-19(27)20(3,4)5/h9-11,13-14,23H,6-8H2,1-5H3,(H,21,24)/t9-,10-,11-,13+,14-/m1/s1. The second kappa shape index (κ2) is 8.22. The van der Waals surface area contributed by atoms with Gasteiger partial charge in [-0.2, -0.15) is 0 Å². The number of hydrogen-bond acceptors (Lipinski definition) is 8. The molecule has 0 aliphatic carbocycles. The van der Waals surface area contributed by atoms with Crippen molar-refractivity contribution in [3.05, 3.63) is 10.6 Å². The molecule has 3 heterocycles. The fourth-order valence-corrected chi connectivity index (χ4v) is 5.34. The van der Waals surface area contributed by atoms with E-state index in [1.54, 1.807) is 27.7 Å². The zero-order chi connectivity index (χ0) is 22.4. The minimum absolute atomic E-state index is 0.0572. The molecular formula is C20H28N2O7S. The molecule has 166 valence electrons. The first-order chi connectivity index (χ1) is 13.9. The van der Waals surface area contributed by atoms with E-state index in [4.69, 9.17) is 9.47 Å². The molecule has 5 atom stereocenters. The summed E-state index contributed by atoms with van der Waals surface area (Å²) in [4.78, 5) is 51.0. The number of rotatable bonds is 6. The molecule has 0 aromatic carbocycles. The molecule has 9 nitrogen and oxygen atoms in total. The van der Waals surface area contributed by atoms with Crippen LogP contribution >= 0.6 is 11.8 Å². The van der Waals surface area contributed by atoms with E-state index in [2.05, 4.69) is 5.32 Å². The van der Waals surface area contributed by atoms with Gasteiger partial charge < -0.3 is 24.8 Å². The van der Waals surface area contributed by atoms with Crippen molar-refractivity contribution in [1.82, 2.24) is 10.2 Å². The van der Waals surface area contributed by atoms with Gasteiger partial charge in [0.05, 0.1) is 23.5 Å². The van der Waals surface area contributed by atoms with E-state index in [0.29, 0.717) is 17.9 Å². The number of aliphatic hydroxyl groups excluding tert-OH is 1. The van der Waals surface area contributed by atoms with Crippen molar-refractivity contribution in [2.45, 2.75) is 58.4 Å². The topological polar surface area (TPSA) is 122 Å². The van der Waals surface area contributed by atoms with Crippen LogP contribution in [0.25, 0.3) is 0 Å². The highest BCUT2D eigenvalue weighted by atomic mass is 32.2. The number of ether oxygens (including phenoxy) is 2. The number of esters is 2. The number of carbonyl (C=O) groups is 4. The van der Waals surface area contributed by atoms with Crippen LogP contribution in [0, 0.1) is 17.3 Å². The number of thioether (sulfide) groups is 1. The Labute approximate surface area is 179 Å². The molecule has 3 rings (SSSR count). The second-order valence-electron chi connectivity index (χ2n) is 8.95. The van der Waals surface area contributed by atoms with Gasteiger partial charge in [-0.3, -0.25) is 14.4 Å². The largest absolute Gasteiger partial charge is 0.427 e. The number of amides is 2. The molecule has 2 fully saturated rings. The van der Waals surface area contributed by atoms with Crippen molar-refractivity contribution in [3.8, 4) is 0 Å². The Morgan fingerprint density at radius 2 is 1.97 bits per heavy atom. The van der Waals surface area contributed by atoms with Crippen LogP contribution in [0.15, 0.2) is 10.6 Å². The van der Waals surface area contributed by atoms with Gasteiger partial charge in [-0.1, -0.05) is 6.92 Å². The van der Waals surface area contributed by atoms with E-state index in [1.807, 2.05) is 6.92 Å². The smallest absolute Gasteiger partial charge is 0.358 e. The van der Waals surface area contributed by atoms with Crippen LogP contribution in [0.1, 0.15) is 41.0 Å². The SMILES string of the molecule is C[C@@H](O)[C@@H]1C(=O)N2C(C(=O)OCOC(=O)C(C)(C)C)=C(S[C@H]3CNC(=O)C3)[C@H](C)[C@H]12. The number of nitrogens with one attached hydrogen (secondary N) is 1. The number of fused-ring (bicyclic) bond motifs is 1. The van der Waals surface area contributed by atoms with Crippen molar-refractivity contribution in [1.29, 1.82) is 0 Å². The third kappa shape index (κ3) is 4.07. The summed E-state index contributed by atoms with van der Waals surface area (Å²) < 4.78 is 10.2. The van der Waals surface area contributed by atoms with E-state index in [1.165, 1.54) is 16.7 Å². The summed E-state index contributed by atoms with van der Waals surface area (Å²) in [6.07, 6.45) is -0.518. The molecule has 0 spiro atoms. The summed E-state index contributed by atoms with van der Waals surface area (Å²) in [6.45, 7) is 8.42. The average Bonchev–Trinajstić information content (AvgIpc) is 3.14. The zero-order valence-electron chi connectivity index (χ0n) is 17.8. The van der Waals surface area contributed by atoms with Gasteiger partial charge in [0, 0.05) is 29.0 Å². The number of nitrogens with zero attached hydrogens (tertiary/aromatic N) is 1. The molecule has 0 aromatic rings. The molecule has 2 amide bonds. The highest BCUT2D eigenvalue weighted by Gasteiger charge is 2.60. The monoisotopic (exact) mass is 440 g/mol. The fourth-order valence-electron chi connectivity index (χ4n) is 3.93. The summed E-state index contributed by atoms with van der Waals surface area (Å²) in [5.74, 6) is -2.45. The van der Waals surface area contributed by atoms with Gasteiger partial charge in [0.25, 0.3) is 0 Å². The number of carbonyl (C=O) groups excluding carboxylic acids is 4. The Morgan fingerprint density at radius 3 is 2.50 bits per heavy atom. The van der Waals surface area contributed by atoms with E-state index in [-0.39, 0.29) is 34.7 Å². The van der Waals surface area contributed by atoms with Crippen LogP contribution in [0.2, 0.25) is 0 Å². The predicted molar refractivity (Wildman–Crippen MR) is 108 cm³/mol. The van der Waals surface area contributed by atoms with E-state index >= 15 is 0 Å². The zero-order valence-corrected chi connectivity index (χ0v) is 18.6. The lowest BCUT2D eigenvalue weighted by molar-refractivity contribution is -0.175. The minimum atomic E-state index is -0.842. The predicted octanol–water partition coefficient (Wildman–Crippen LogP) is 0.767. The van der Waals surface area contributed by atoms with Gasteiger partial charge in [-0.25, -0.2) is 4.79 Å². The summed E-state index contributed by atoms with van der Waals surface area (Å²) in [5.41, 5.74) is -0.620. The third-order valence-corrected chi connectivity index (χ3v) is 7.01. The van der Waals surface area contributed by atoms with Gasteiger partial charge in [0.1, 0.15) is 5.70 Å². The van der Waals surface area contributed by atoms with E-state index in [9.17, 15) is 24.3 Å². The molecule has 3 aliphatic rings. The van der Waals surface area contributed by atoms with Crippen LogP contribution in [0.4, 0.5) is 0 Å². The number of β-lactam (4-membered cyclic amide) rings is 1. The summed E-state index contributed by atoms with van der Waals surface area (Å²) >= 11 is 1.38. The Balaban J connectivity index is 1.78. The molecule has 0 saturated carbocycles. The Hall–Kier alpha value is -2.07. The fraction of sp³-hybridized carbons (Fsp3) is 0.700. The maximum Gasteiger partial charge on any atom is 0.358 e. The van der Waals surface area contributed by atoms with Gasteiger partial charge in [-0.15, -0.1) is 11.8 Å². The highest BCUT2D eigenvalue weighted by molar-refractivity contribution is 8.03. The first-order valence-electron chi connectivity index (χ1n) is 9.96. The second-order valence-corrected chi connectivity index (χ2v) is 10.3. The maximum atomic E-state index is 12.9. The summed E-state index contributed by atoms with van der Waals surface area (Å²) in [5, 5.41) is 12.7. The molecular weight excluding hydrogens is 412 g/mol. The Morgan fingerprint density at radius 1 is 1.30 bits per heavy atom. The maximum absolute atomic E-state index is 12.9. The van der Waals surface area contributed by atoms with Crippen molar-refractivity contribution < 1.29 is 33.8 Å². The Bertz CT molecular complexity index is 801. The minimum Gasteiger partial charge on any atom is -0.427 e. The van der Waals surface area contributed by atoms with Gasteiger partial charge in [0.2, 0.25) is 18.6 Å². The number of aliphatic hydroxyl groups is 1. The molecule has 2 saturated heterocycles. The lowest BCUT2D eigenvalue weighted by Crippen LogP contribution is -2.63. The third-order valence-electron chi connectivity index (χ3n) is 5.53. The molecule has 0 aromatic heterocycles. The lowest BCUT2D eigenvalue weighted by Gasteiger charge is -2.46. The molecule has 0 radical (unpaired) electrons. The van der Waals surface area contributed by atoms with E-state index in [0.717, 1.165) is 0 Å². The Kier molecular flexibility index (Phi) is 6.20. The molecule has 0 unspecified atom stereocenters. The molecule has 0 bridgehead atoms. The number of hydrogen-bond donors (Lipinski definition) is 2. The van der Waals surface area contributed by atoms with Gasteiger partial charge >= 0.3 is 11.9 Å². The van der Waals surface area contributed by atoms with Crippen molar-refractivity contribution >= 4 is 35.5 Å². The van der Waals surface area contributed by atoms with Crippen LogP contribution in [0.5, 0.6) is 0 Å². The summed E-state index contributed by atoms with van der Waals surface area (Å²) in [6, 6.07) is -0.343. The van der Waals surface area contributed by atoms with Gasteiger partial charge in [-0.05, 0) is 27.7 Å². The normalized spacial score (nSPS) is 29.3. The van der Waals surface area contributed by atoms with Crippen LogP contribution in [-0.4, -0.2) is 64.5 Å². The average molecular weight is 441 g/mol. The first kappa shape index (κ1) is 22.6. The molecule has 2 N–H and O–H groups in total. The molecule has 3 aliphatic heterocycles. The molecule has 10 heteroatoms. The van der Waals surface area contributed by atoms with Crippen molar-refractivity contribution in [2.75, 3.05) is 13.3 Å². The van der Waals surface area contributed by atoms with Gasteiger partial charge in [0.15, 0.2) is 0 Å². The van der Waals surface area contributed by atoms with Crippen LogP contribution in [0.3, 0.4) is 0 Å². The van der Waals surface area contributed by atoms with Crippen molar-refractivity contribution in [2.24, 2.45) is 17.3 Å². The van der Waals surface area contributed by atoms with Crippen LogP contribution in [-0.2, 0) is 28.7 Å². The van der Waals surface area contributed by atoms with Crippen LogP contribution < -0.4 is 5.32 Å².